The van der Waals surface area contributed by atoms with Gasteiger partial charge < -0.3 is 14.2 Å². The first kappa shape index (κ1) is 14.9. The van der Waals surface area contributed by atoms with Gasteiger partial charge in [-0.2, -0.15) is 0 Å². The average Bonchev–Trinajstić information content (AvgIpc) is 3.03. The molecule has 1 amide bonds. The first-order valence-electron chi connectivity index (χ1n) is 8.11. The SMILES string of the molecule is Cn1cc(C(=O)N2CCOCC2)c(-c2ccnc3ccccc23)c1. The number of nitrogens with zero attached hydrogens (tertiary/aromatic N) is 3. The number of hydrogen-bond donors (Lipinski definition) is 0. The summed E-state index contributed by atoms with van der Waals surface area (Å²) in [6.07, 6.45) is 5.71. The zero-order chi connectivity index (χ0) is 16.5. The van der Waals surface area contributed by atoms with Crippen molar-refractivity contribution < 1.29 is 9.53 Å². The van der Waals surface area contributed by atoms with E-state index in [9.17, 15) is 4.79 Å². The Kier molecular flexibility index (Phi) is 3.78. The van der Waals surface area contributed by atoms with Gasteiger partial charge in [-0.05, 0) is 17.7 Å². The summed E-state index contributed by atoms with van der Waals surface area (Å²) in [6, 6.07) is 10.00. The van der Waals surface area contributed by atoms with Crippen LogP contribution in [0.15, 0.2) is 48.9 Å². The van der Waals surface area contributed by atoms with Crippen LogP contribution in [-0.2, 0) is 11.8 Å². The van der Waals surface area contributed by atoms with E-state index in [4.69, 9.17) is 4.74 Å². The van der Waals surface area contributed by atoms with Crippen LogP contribution in [0.3, 0.4) is 0 Å². The first-order chi connectivity index (χ1) is 11.7. The standard InChI is InChI=1S/C19H19N3O2/c1-21-12-16(14-6-7-20-18-5-3-2-4-15(14)18)17(13-21)19(23)22-8-10-24-11-9-22/h2-7,12-13H,8-11H2,1H3. The number of fused-ring (bicyclic) bond motifs is 1. The number of hydrogen-bond acceptors (Lipinski definition) is 3. The molecule has 0 aliphatic carbocycles. The van der Waals surface area contributed by atoms with E-state index in [2.05, 4.69) is 4.98 Å². The van der Waals surface area contributed by atoms with E-state index < -0.39 is 0 Å². The normalized spacial score (nSPS) is 15.0. The Morgan fingerprint density at radius 3 is 2.71 bits per heavy atom. The lowest BCUT2D eigenvalue weighted by Gasteiger charge is -2.27. The minimum atomic E-state index is 0.0646. The van der Waals surface area contributed by atoms with Crippen molar-refractivity contribution in [2.45, 2.75) is 0 Å². The van der Waals surface area contributed by atoms with E-state index in [-0.39, 0.29) is 5.91 Å². The van der Waals surface area contributed by atoms with Crippen LogP contribution in [-0.4, -0.2) is 46.7 Å². The Morgan fingerprint density at radius 1 is 1.08 bits per heavy atom. The third-order valence-corrected chi connectivity index (χ3v) is 4.42. The van der Waals surface area contributed by atoms with Gasteiger partial charge in [-0.1, -0.05) is 18.2 Å². The van der Waals surface area contributed by atoms with Crippen LogP contribution < -0.4 is 0 Å². The molecule has 0 bridgehead atoms. The number of benzene rings is 1. The molecule has 2 aromatic heterocycles. The van der Waals surface area contributed by atoms with Crippen LogP contribution in [0, 0.1) is 0 Å². The van der Waals surface area contributed by atoms with Crippen molar-refractivity contribution in [3.63, 3.8) is 0 Å². The predicted molar refractivity (Wildman–Crippen MR) is 92.9 cm³/mol. The van der Waals surface area contributed by atoms with Gasteiger partial charge in [-0.3, -0.25) is 9.78 Å². The topological polar surface area (TPSA) is 47.4 Å². The molecule has 0 saturated carbocycles. The van der Waals surface area contributed by atoms with Crippen molar-refractivity contribution in [3.05, 3.63) is 54.5 Å². The average molecular weight is 321 g/mol. The lowest BCUT2D eigenvalue weighted by atomic mass is 10.00. The zero-order valence-corrected chi connectivity index (χ0v) is 13.6. The summed E-state index contributed by atoms with van der Waals surface area (Å²) in [7, 11) is 1.95. The summed E-state index contributed by atoms with van der Waals surface area (Å²) in [6.45, 7) is 2.49. The molecule has 24 heavy (non-hydrogen) atoms. The molecule has 0 spiro atoms. The minimum absolute atomic E-state index is 0.0646. The smallest absolute Gasteiger partial charge is 0.256 e. The number of ether oxygens (including phenoxy) is 1. The Balaban J connectivity index is 1.82. The monoisotopic (exact) mass is 321 g/mol. The molecule has 1 fully saturated rings. The molecule has 0 N–H and O–H groups in total. The third kappa shape index (κ3) is 2.57. The van der Waals surface area contributed by atoms with Gasteiger partial charge in [-0.25, -0.2) is 0 Å². The predicted octanol–water partition coefficient (Wildman–Crippen LogP) is 2.71. The van der Waals surface area contributed by atoms with Crippen molar-refractivity contribution in [2.75, 3.05) is 26.3 Å². The highest BCUT2D eigenvalue weighted by molar-refractivity contribution is 6.05. The summed E-state index contributed by atoms with van der Waals surface area (Å²) in [5.41, 5.74) is 3.66. The van der Waals surface area contributed by atoms with Gasteiger partial charge in [0.05, 0.1) is 24.3 Å². The second-order valence-electron chi connectivity index (χ2n) is 6.03. The Labute approximate surface area is 140 Å². The number of pyridine rings is 1. The molecule has 3 heterocycles. The second kappa shape index (κ2) is 6.09. The Hall–Kier alpha value is -2.66. The first-order valence-corrected chi connectivity index (χ1v) is 8.11. The lowest BCUT2D eigenvalue weighted by Crippen LogP contribution is -2.40. The molecule has 0 atom stereocenters. The van der Waals surface area contributed by atoms with Gasteiger partial charge in [0.15, 0.2) is 0 Å². The van der Waals surface area contributed by atoms with Gasteiger partial charge in [-0.15, -0.1) is 0 Å². The van der Waals surface area contributed by atoms with E-state index in [1.165, 1.54) is 0 Å². The highest BCUT2D eigenvalue weighted by Crippen LogP contribution is 2.31. The minimum Gasteiger partial charge on any atom is -0.378 e. The molecule has 1 aromatic carbocycles. The van der Waals surface area contributed by atoms with Crippen molar-refractivity contribution in [3.8, 4) is 11.1 Å². The van der Waals surface area contributed by atoms with E-state index in [0.29, 0.717) is 26.3 Å². The lowest BCUT2D eigenvalue weighted by molar-refractivity contribution is 0.0303. The molecular weight excluding hydrogens is 302 g/mol. The maximum atomic E-state index is 13.0. The fourth-order valence-electron chi connectivity index (χ4n) is 3.24. The fourth-order valence-corrected chi connectivity index (χ4v) is 3.24. The number of morpholine rings is 1. The Morgan fingerprint density at radius 2 is 1.88 bits per heavy atom. The third-order valence-electron chi connectivity index (χ3n) is 4.42. The van der Waals surface area contributed by atoms with Gasteiger partial charge in [0.25, 0.3) is 5.91 Å². The molecule has 5 nitrogen and oxygen atoms in total. The number of para-hydroxylation sites is 1. The van der Waals surface area contributed by atoms with E-state index >= 15 is 0 Å². The van der Waals surface area contributed by atoms with E-state index in [1.54, 1.807) is 6.20 Å². The summed E-state index contributed by atoms with van der Waals surface area (Å²) in [5.74, 6) is 0.0646. The van der Waals surface area contributed by atoms with E-state index in [0.717, 1.165) is 27.6 Å². The highest BCUT2D eigenvalue weighted by atomic mass is 16.5. The van der Waals surface area contributed by atoms with Crippen molar-refractivity contribution in [2.24, 2.45) is 7.05 Å². The number of carbonyl (C=O) groups is 1. The number of aromatic nitrogens is 2. The van der Waals surface area contributed by atoms with Crippen LogP contribution >= 0.6 is 0 Å². The number of aryl methyl sites for hydroxylation is 1. The number of rotatable bonds is 2. The van der Waals surface area contributed by atoms with Crippen LogP contribution in [0.5, 0.6) is 0 Å². The van der Waals surface area contributed by atoms with Crippen LogP contribution in [0.2, 0.25) is 0 Å². The van der Waals surface area contributed by atoms with Gasteiger partial charge in [0, 0.05) is 49.7 Å². The summed E-state index contributed by atoms with van der Waals surface area (Å²) in [4.78, 5) is 19.3. The largest absolute Gasteiger partial charge is 0.378 e. The number of amides is 1. The summed E-state index contributed by atoms with van der Waals surface area (Å²) < 4.78 is 7.30. The molecule has 1 aliphatic rings. The molecule has 5 heteroatoms. The fraction of sp³-hybridized carbons (Fsp3) is 0.263. The number of carbonyl (C=O) groups excluding carboxylic acids is 1. The molecule has 1 aliphatic heterocycles. The van der Waals surface area contributed by atoms with Crippen LogP contribution in [0.25, 0.3) is 22.0 Å². The van der Waals surface area contributed by atoms with Gasteiger partial charge >= 0.3 is 0 Å². The summed E-state index contributed by atoms with van der Waals surface area (Å²) >= 11 is 0. The summed E-state index contributed by atoms with van der Waals surface area (Å²) in [5, 5.41) is 1.06. The van der Waals surface area contributed by atoms with Crippen LogP contribution in [0.1, 0.15) is 10.4 Å². The van der Waals surface area contributed by atoms with Crippen LogP contribution in [0.4, 0.5) is 0 Å². The second-order valence-corrected chi connectivity index (χ2v) is 6.03. The molecule has 0 unspecified atom stereocenters. The molecule has 122 valence electrons. The Bertz CT molecular complexity index is 889. The molecule has 3 aromatic rings. The molecule has 4 rings (SSSR count). The molecular formula is C19H19N3O2. The maximum Gasteiger partial charge on any atom is 0.256 e. The maximum absolute atomic E-state index is 13.0. The molecule has 0 radical (unpaired) electrons. The van der Waals surface area contributed by atoms with Crippen molar-refractivity contribution >= 4 is 16.8 Å². The van der Waals surface area contributed by atoms with Crippen molar-refractivity contribution in [1.82, 2.24) is 14.5 Å². The van der Waals surface area contributed by atoms with Gasteiger partial charge in [0.1, 0.15) is 0 Å². The highest BCUT2D eigenvalue weighted by Gasteiger charge is 2.23. The van der Waals surface area contributed by atoms with Gasteiger partial charge in [0.2, 0.25) is 0 Å². The quantitative estimate of drug-likeness (QED) is 0.729. The zero-order valence-electron chi connectivity index (χ0n) is 13.6. The van der Waals surface area contributed by atoms with Crippen molar-refractivity contribution in [1.29, 1.82) is 0 Å². The molecule has 1 saturated heterocycles. The van der Waals surface area contributed by atoms with E-state index in [1.807, 2.05) is 59.2 Å².